The molecule has 0 bridgehead atoms. The number of ether oxygens (including phenoxy) is 1. The fourth-order valence-electron chi connectivity index (χ4n) is 3.82. The summed E-state index contributed by atoms with van der Waals surface area (Å²) in [5, 5.41) is 23.4. The van der Waals surface area contributed by atoms with Gasteiger partial charge in [-0.1, -0.05) is 24.3 Å². The van der Waals surface area contributed by atoms with Crippen molar-refractivity contribution in [2.75, 3.05) is 12.0 Å². The minimum atomic E-state index is -0.997. The lowest BCUT2D eigenvalue weighted by Crippen LogP contribution is -2.30. The molecule has 1 unspecified atom stereocenters. The van der Waals surface area contributed by atoms with E-state index in [9.17, 15) is 19.8 Å². The van der Waals surface area contributed by atoms with Gasteiger partial charge >= 0.3 is 0 Å². The summed E-state index contributed by atoms with van der Waals surface area (Å²) in [5.74, 6) is -1.74. The summed E-state index contributed by atoms with van der Waals surface area (Å²) in [4.78, 5) is 32.0. The van der Waals surface area contributed by atoms with Crippen molar-refractivity contribution in [2.24, 2.45) is 0 Å². The first-order valence-electron chi connectivity index (χ1n) is 9.56. The Kier molecular flexibility index (Phi) is 4.67. The fraction of sp³-hybridized carbons (Fsp3) is 0.0870. The molecule has 1 aliphatic heterocycles. The van der Waals surface area contributed by atoms with Gasteiger partial charge in [-0.05, 0) is 29.8 Å². The molecular formula is C23H16N2O6S. The van der Waals surface area contributed by atoms with E-state index in [1.807, 2.05) is 0 Å². The Hall–Kier alpha value is -4.11. The van der Waals surface area contributed by atoms with E-state index >= 15 is 0 Å². The first kappa shape index (κ1) is 19.8. The highest BCUT2D eigenvalue weighted by atomic mass is 32.1. The predicted molar refractivity (Wildman–Crippen MR) is 117 cm³/mol. The van der Waals surface area contributed by atoms with E-state index in [2.05, 4.69) is 4.98 Å². The average molecular weight is 448 g/mol. The molecule has 1 amide bonds. The number of methoxy groups -OCH3 is 1. The SMILES string of the molecule is COc1cccc2cc(C(=O)C3=C(O)C(=O)N(c4nccs4)C3c3cccc(O)c3)oc12. The molecule has 0 saturated carbocycles. The predicted octanol–water partition coefficient (Wildman–Crippen LogP) is 4.39. The number of rotatable bonds is 5. The van der Waals surface area contributed by atoms with E-state index in [4.69, 9.17) is 9.15 Å². The van der Waals surface area contributed by atoms with Crippen LogP contribution in [0.3, 0.4) is 0 Å². The normalized spacial score (nSPS) is 16.2. The zero-order valence-electron chi connectivity index (χ0n) is 16.7. The maximum absolute atomic E-state index is 13.5. The van der Waals surface area contributed by atoms with Gasteiger partial charge in [0.25, 0.3) is 5.91 Å². The van der Waals surface area contributed by atoms with Crippen molar-refractivity contribution in [1.82, 2.24) is 4.98 Å². The number of para-hydroxylation sites is 1. The van der Waals surface area contributed by atoms with Gasteiger partial charge in [0.15, 0.2) is 28.0 Å². The number of hydrogen-bond acceptors (Lipinski definition) is 8. The van der Waals surface area contributed by atoms with Crippen LogP contribution in [0.5, 0.6) is 11.5 Å². The summed E-state index contributed by atoms with van der Waals surface area (Å²) in [6.45, 7) is 0. The molecule has 2 N–H and O–H groups in total. The maximum Gasteiger partial charge on any atom is 0.296 e. The number of furan rings is 1. The third kappa shape index (κ3) is 3.02. The van der Waals surface area contributed by atoms with Gasteiger partial charge in [-0.3, -0.25) is 14.5 Å². The Morgan fingerprint density at radius 2 is 2.00 bits per heavy atom. The van der Waals surface area contributed by atoms with Crippen LogP contribution in [0, 0.1) is 0 Å². The van der Waals surface area contributed by atoms with Crippen molar-refractivity contribution in [1.29, 1.82) is 0 Å². The molecule has 2 aromatic carbocycles. The second kappa shape index (κ2) is 7.54. The Morgan fingerprint density at radius 3 is 2.72 bits per heavy atom. The van der Waals surface area contributed by atoms with Crippen LogP contribution in [0.15, 0.2) is 75.9 Å². The number of phenols is 1. The molecule has 3 heterocycles. The second-order valence-corrected chi connectivity index (χ2v) is 7.94. The Bertz CT molecular complexity index is 1390. The molecule has 9 heteroatoms. The number of ketones is 1. The molecule has 5 rings (SSSR count). The van der Waals surface area contributed by atoms with Crippen LogP contribution >= 0.6 is 11.3 Å². The van der Waals surface area contributed by atoms with Crippen molar-refractivity contribution in [3.8, 4) is 11.5 Å². The van der Waals surface area contributed by atoms with Gasteiger partial charge in [-0.25, -0.2) is 4.98 Å². The summed E-state index contributed by atoms with van der Waals surface area (Å²) >= 11 is 1.19. The first-order valence-corrected chi connectivity index (χ1v) is 10.4. The molecule has 160 valence electrons. The van der Waals surface area contributed by atoms with Gasteiger partial charge in [0, 0.05) is 17.0 Å². The molecule has 32 heavy (non-hydrogen) atoms. The molecule has 0 aliphatic carbocycles. The number of aliphatic hydroxyl groups is 1. The van der Waals surface area contributed by atoms with Crippen LogP contribution in [-0.4, -0.2) is 34.0 Å². The van der Waals surface area contributed by atoms with Crippen LogP contribution < -0.4 is 9.64 Å². The summed E-state index contributed by atoms with van der Waals surface area (Å²) in [6.07, 6.45) is 1.52. The summed E-state index contributed by atoms with van der Waals surface area (Å²) in [5.41, 5.74) is 0.664. The smallest absolute Gasteiger partial charge is 0.296 e. The maximum atomic E-state index is 13.5. The fourth-order valence-corrected chi connectivity index (χ4v) is 4.49. The molecule has 8 nitrogen and oxygen atoms in total. The van der Waals surface area contributed by atoms with Crippen LogP contribution in [0.1, 0.15) is 22.2 Å². The summed E-state index contributed by atoms with van der Waals surface area (Å²) in [7, 11) is 1.49. The standard InChI is InChI=1S/C23H16N2O6S/c1-30-15-7-3-5-13-11-16(31-21(13)15)19(27)17-18(12-4-2-6-14(26)10-12)25(22(29)20(17)28)23-24-8-9-32-23/h2-11,18,26,28H,1H3. The number of aromatic hydroxyl groups is 1. The van der Waals surface area contributed by atoms with Crippen LogP contribution in [-0.2, 0) is 4.79 Å². The molecule has 2 aromatic heterocycles. The molecule has 1 aliphatic rings. The van der Waals surface area contributed by atoms with Gasteiger partial charge in [0.05, 0.1) is 18.7 Å². The lowest BCUT2D eigenvalue weighted by Gasteiger charge is -2.24. The minimum Gasteiger partial charge on any atom is -0.508 e. The lowest BCUT2D eigenvalue weighted by molar-refractivity contribution is -0.117. The number of anilines is 1. The first-order chi connectivity index (χ1) is 15.5. The monoisotopic (exact) mass is 448 g/mol. The number of carbonyl (C=O) groups excluding carboxylic acids is 2. The van der Waals surface area contributed by atoms with Crippen molar-refractivity contribution in [3.05, 3.63) is 82.8 Å². The number of amides is 1. The second-order valence-electron chi connectivity index (χ2n) is 7.07. The largest absolute Gasteiger partial charge is 0.508 e. The van der Waals surface area contributed by atoms with Gasteiger partial charge in [-0.2, -0.15) is 0 Å². The van der Waals surface area contributed by atoms with Crippen molar-refractivity contribution >= 4 is 39.1 Å². The van der Waals surface area contributed by atoms with E-state index in [-0.39, 0.29) is 17.1 Å². The minimum absolute atomic E-state index is 0.0410. The van der Waals surface area contributed by atoms with Crippen molar-refractivity contribution < 1.29 is 29.0 Å². The third-order valence-corrected chi connectivity index (χ3v) is 5.99. The number of aliphatic hydroxyl groups excluding tert-OH is 1. The van der Waals surface area contributed by atoms with Crippen LogP contribution in [0.4, 0.5) is 5.13 Å². The van der Waals surface area contributed by atoms with Gasteiger partial charge in [-0.15, -0.1) is 11.3 Å². The van der Waals surface area contributed by atoms with E-state index in [0.717, 1.165) is 0 Å². The molecule has 0 spiro atoms. The number of nitrogens with zero attached hydrogens (tertiary/aromatic N) is 2. The highest BCUT2D eigenvalue weighted by Gasteiger charge is 2.46. The Morgan fingerprint density at radius 1 is 1.19 bits per heavy atom. The zero-order chi connectivity index (χ0) is 22.4. The molecule has 0 radical (unpaired) electrons. The van der Waals surface area contributed by atoms with E-state index in [0.29, 0.717) is 27.4 Å². The number of benzene rings is 2. The van der Waals surface area contributed by atoms with E-state index in [1.54, 1.807) is 35.7 Å². The molecule has 0 saturated heterocycles. The number of carbonyl (C=O) groups is 2. The van der Waals surface area contributed by atoms with Crippen LogP contribution in [0.2, 0.25) is 0 Å². The van der Waals surface area contributed by atoms with E-state index in [1.165, 1.54) is 47.7 Å². The van der Waals surface area contributed by atoms with Gasteiger partial charge < -0.3 is 19.4 Å². The zero-order valence-corrected chi connectivity index (χ0v) is 17.5. The number of hydrogen-bond donors (Lipinski definition) is 2. The summed E-state index contributed by atoms with van der Waals surface area (Å²) < 4.78 is 11.1. The van der Waals surface area contributed by atoms with Gasteiger partial charge in [0.2, 0.25) is 5.78 Å². The quantitative estimate of drug-likeness (QED) is 0.436. The molecule has 0 fully saturated rings. The van der Waals surface area contributed by atoms with Gasteiger partial charge in [0.1, 0.15) is 5.75 Å². The summed E-state index contributed by atoms with van der Waals surface area (Å²) in [6, 6.07) is 11.9. The number of fused-ring (bicyclic) bond motifs is 1. The molecule has 4 aromatic rings. The van der Waals surface area contributed by atoms with Crippen molar-refractivity contribution in [3.63, 3.8) is 0 Å². The topological polar surface area (TPSA) is 113 Å². The molecular weight excluding hydrogens is 432 g/mol. The average Bonchev–Trinajstić information content (AvgIpc) is 3.52. The Labute approximate surface area is 185 Å². The number of Topliss-reactive ketones (excluding diaryl/α,β-unsaturated/α-hetero) is 1. The highest BCUT2D eigenvalue weighted by molar-refractivity contribution is 7.13. The lowest BCUT2D eigenvalue weighted by atomic mass is 9.95. The Balaban J connectivity index is 1.67. The third-order valence-electron chi connectivity index (χ3n) is 5.22. The van der Waals surface area contributed by atoms with Crippen LogP contribution in [0.25, 0.3) is 11.0 Å². The number of thiazole rings is 1. The van der Waals surface area contributed by atoms with Crippen molar-refractivity contribution in [2.45, 2.75) is 6.04 Å². The van der Waals surface area contributed by atoms with E-state index < -0.39 is 23.5 Å². The number of aromatic nitrogens is 1. The highest BCUT2D eigenvalue weighted by Crippen LogP contribution is 2.43. The number of phenolic OH excluding ortho intramolecular Hbond substituents is 1. The molecule has 1 atom stereocenters.